The zero-order chi connectivity index (χ0) is 26.0. The fourth-order valence-electron chi connectivity index (χ4n) is 4.66. The van der Waals surface area contributed by atoms with E-state index in [1.165, 1.54) is 0 Å². The third-order valence-corrected chi connectivity index (χ3v) is 6.59. The molecule has 5 heteroatoms. The Balaban J connectivity index is 1.37. The van der Waals surface area contributed by atoms with Gasteiger partial charge in [-0.25, -0.2) is 19.9 Å². The Morgan fingerprint density at radius 1 is 0.385 bits per heavy atom. The number of benzene rings is 5. The van der Waals surface area contributed by atoms with Gasteiger partial charge in [-0.2, -0.15) is 0 Å². The number of hydrogen-bond acceptors (Lipinski definition) is 5. The van der Waals surface area contributed by atoms with Gasteiger partial charge in [-0.1, -0.05) is 109 Å². The van der Waals surface area contributed by atoms with Crippen molar-refractivity contribution in [1.82, 2.24) is 19.9 Å². The number of oxazole rings is 1. The molecule has 0 aliphatic carbocycles. The minimum Gasteiger partial charge on any atom is -0.436 e. The number of nitrogens with zero attached hydrogens (tertiary/aromatic N) is 4. The highest BCUT2D eigenvalue weighted by atomic mass is 16.3. The first-order chi connectivity index (χ1) is 19.3. The topological polar surface area (TPSA) is 64.7 Å². The zero-order valence-electron chi connectivity index (χ0n) is 20.9. The van der Waals surface area contributed by atoms with Crippen LogP contribution >= 0.6 is 0 Å². The van der Waals surface area contributed by atoms with Crippen molar-refractivity contribution in [3.63, 3.8) is 0 Å². The standard InChI is InChI=1S/C34H22N4O/c1-4-12-23(13-5-1)31-36-32(24-14-6-2-7-15-24)38-33(37-31)28-19-11-10-18-27(28)26-20-21-30-29(22-26)35-34(39-30)25-16-8-3-9-17-25/h1-22H. The first kappa shape index (κ1) is 22.8. The van der Waals surface area contributed by atoms with E-state index in [1.807, 2.05) is 109 Å². The highest BCUT2D eigenvalue weighted by Crippen LogP contribution is 2.34. The Morgan fingerprint density at radius 2 is 0.897 bits per heavy atom. The van der Waals surface area contributed by atoms with Crippen LogP contribution in [0.3, 0.4) is 0 Å². The minimum atomic E-state index is 0.605. The van der Waals surface area contributed by atoms with Crippen molar-refractivity contribution in [2.24, 2.45) is 0 Å². The van der Waals surface area contributed by atoms with Crippen LogP contribution in [0.25, 0.3) is 67.8 Å². The summed E-state index contributed by atoms with van der Waals surface area (Å²) in [6.45, 7) is 0. The molecule has 7 rings (SSSR count). The average molecular weight is 503 g/mol. The fourth-order valence-corrected chi connectivity index (χ4v) is 4.66. The average Bonchev–Trinajstić information content (AvgIpc) is 3.46. The van der Waals surface area contributed by atoms with E-state index in [0.29, 0.717) is 23.4 Å². The summed E-state index contributed by atoms with van der Waals surface area (Å²) in [5.74, 6) is 2.49. The molecule has 5 aromatic carbocycles. The molecule has 0 aliphatic heterocycles. The second-order valence-corrected chi connectivity index (χ2v) is 9.15. The van der Waals surface area contributed by atoms with Gasteiger partial charge in [0.15, 0.2) is 23.1 Å². The van der Waals surface area contributed by atoms with E-state index >= 15 is 0 Å². The van der Waals surface area contributed by atoms with Gasteiger partial charge in [0, 0.05) is 22.3 Å². The first-order valence-corrected chi connectivity index (χ1v) is 12.7. The summed E-state index contributed by atoms with van der Waals surface area (Å²) in [5.41, 5.74) is 7.30. The fraction of sp³-hybridized carbons (Fsp3) is 0. The summed E-state index contributed by atoms with van der Waals surface area (Å²) in [7, 11) is 0. The van der Waals surface area contributed by atoms with Crippen molar-refractivity contribution in [2.75, 3.05) is 0 Å². The van der Waals surface area contributed by atoms with Gasteiger partial charge in [-0.3, -0.25) is 0 Å². The van der Waals surface area contributed by atoms with Gasteiger partial charge in [0.25, 0.3) is 0 Å². The lowest BCUT2D eigenvalue weighted by Gasteiger charge is -2.12. The van der Waals surface area contributed by atoms with Crippen LogP contribution in [-0.2, 0) is 0 Å². The van der Waals surface area contributed by atoms with E-state index in [0.717, 1.165) is 44.5 Å². The molecule has 0 radical (unpaired) electrons. The van der Waals surface area contributed by atoms with Crippen molar-refractivity contribution >= 4 is 11.1 Å². The molecule has 7 aromatic rings. The summed E-state index contributed by atoms with van der Waals surface area (Å²) < 4.78 is 6.05. The number of rotatable bonds is 5. The van der Waals surface area contributed by atoms with E-state index in [2.05, 4.69) is 24.3 Å². The van der Waals surface area contributed by atoms with Crippen LogP contribution in [0.15, 0.2) is 138 Å². The Morgan fingerprint density at radius 3 is 1.51 bits per heavy atom. The second-order valence-electron chi connectivity index (χ2n) is 9.15. The summed E-state index contributed by atoms with van der Waals surface area (Å²) in [6, 6.07) is 44.2. The largest absolute Gasteiger partial charge is 0.436 e. The highest BCUT2D eigenvalue weighted by Gasteiger charge is 2.16. The molecule has 0 fully saturated rings. The summed E-state index contributed by atoms with van der Waals surface area (Å²) >= 11 is 0. The third kappa shape index (κ3) is 4.47. The normalized spacial score (nSPS) is 11.1. The molecule has 0 atom stereocenters. The van der Waals surface area contributed by atoms with Crippen LogP contribution in [0.4, 0.5) is 0 Å². The molecule has 0 saturated heterocycles. The van der Waals surface area contributed by atoms with Crippen LogP contribution in [-0.4, -0.2) is 19.9 Å². The summed E-state index contributed by atoms with van der Waals surface area (Å²) in [4.78, 5) is 19.5. The Hall–Kier alpha value is -5.42. The van der Waals surface area contributed by atoms with Gasteiger partial charge in [-0.05, 0) is 35.4 Å². The second kappa shape index (κ2) is 9.80. The summed E-state index contributed by atoms with van der Waals surface area (Å²) in [6.07, 6.45) is 0. The lowest BCUT2D eigenvalue weighted by molar-refractivity contribution is 0.620. The SMILES string of the molecule is c1ccc(-c2nc(-c3ccccc3)nc(-c3ccccc3-c3ccc4oc(-c5ccccc5)nc4c3)n2)cc1. The molecule has 0 unspecified atom stereocenters. The molecular formula is C34H22N4O. The molecule has 184 valence electrons. The Bertz CT molecular complexity index is 1840. The summed E-state index contributed by atoms with van der Waals surface area (Å²) in [5, 5.41) is 0. The van der Waals surface area contributed by atoms with Crippen LogP contribution in [0, 0.1) is 0 Å². The van der Waals surface area contributed by atoms with E-state index < -0.39 is 0 Å². The maximum atomic E-state index is 6.05. The maximum absolute atomic E-state index is 6.05. The lowest BCUT2D eigenvalue weighted by Crippen LogP contribution is -2.01. The molecule has 2 heterocycles. The number of aromatic nitrogens is 4. The Kier molecular flexibility index (Phi) is 5.72. The van der Waals surface area contributed by atoms with Gasteiger partial charge in [0.2, 0.25) is 5.89 Å². The molecular weight excluding hydrogens is 480 g/mol. The van der Waals surface area contributed by atoms with Crippen molar-refractivity contribution in [3.05, 3.63) is 133 Å². The zero-order valence-corrected chi connectivity index (χ0v) is 20.9. The molecule has 0 N–H and O–H groups in total. The van der Waals surface area contributed by atoms with Gasteiger partial charge in [0.1, 0.15) is 5.52 Å². The monoisotopic (exact) mass is 502 g/mol. The predicted molar refractivity (Wildman–Crippen MR) is 155 cm³/mol. The van der Waals surface area contributed by atoms with Crippen LogP contribution in [0.2, 0.25) is 0 Å². The molecule has 5 nitrogen and oxygen atoms in total. The molecule has 39 heavy (non-hydrogen) atoms. The number of hydrogen-bond donors (Lipinski definition) is 0. The van der Waals surface area contributed by atoms with Gasteiger partial charge >= 0.3 is 0 Å². The van der Waals surface area contributed by atoms with Gasteiger partial charge in [-0.15, -0.1) is 0 Å². The van der Waals surface area contributed by atoms with Crippen molar-refractivity contribution in [1.29, 1.82) is 0 Å². The van der Waals surface area contributed by atoms with E-state index in [9.17, 15) is 0 Å². The Labute approximate surface area is 225 Å². The predicted octanol–water partition coefficient (Wildman–Crippen LogP) is 8.35. The van der Waals surface area contributed by atoms with Gasteiger partial charge in [0.05, 0.1) is 0 Å². The third-order valence-electron chi connectivity index (χ3n) is 6.59. The van der Waals surface area contributed by atoms with Crippen molar-refractivity contribution in [2.45, 2.75) is 0 Å². The van der Waals surface area contributed by atoms with Crippen LogP contribution in [0.5, 0.6) is 0 Å². The molecule has 0 amide bonds. The molecule has 0 saturated carbocycles. The molecule has 2 aromatic heterocycles. The molecule has 0 aliphatic rings. The molecule has 0 bridgehead atoms. The smallest absolute Gasteiger partial charge is 0.227 e. The number of fused-ring (bicyclic) bond motifs is 1. The lowest BCUT2D eigenvalue weighted by atomic mass is 9.98. The quantitative estimate of drug-likeness (QED) is 0.237. The first-order valence-electron chi connectivity index (χ1n) is 12.7. The van der Waals surface area contributed by atoms with Crippen molar-refractivity contribution < 1.29 is 4.42 Å². The maximum Gasteiger partial charge on any atom is 0.227 e. The van der Waals surface area contributed by atoms with Gasteiger partial charge < -0.3 is 4.42 Å². The minimum absolute atomic E-state index is 0.605. The highest BCUT2D eigenvalue weighted by molar-refractivity contribution is 5.87. The van der Waals surface area contributed by atoms with E-state index in [-0.39, 0.29) is 0 Å². The van der Waals surface area contributed by atoms with E-state index in [1.54, 1.807) is 0 Å². The van der Waals surface area contributed by atoms with Crippen molar-refractivity contribution in [3.8, 4) is 56.7 Å². The van der Waals surface area contributed by atoms with Crippen LogP contribution < -0.4 is 0 Å². The molecule has 0 spiro atoms. The van der Waals surface area contributed by atoms with E-state index in [4.69, 9.17) is 24.4 Å². The van der Waals surface area contributed by atoms with Crippen LogP contribution in [0.1, 0.15) is 0 Å².